The van der Waals surface area contributed by atoms with Crippen LogP contribution in [0.1, 0.15) is 36.7 Å². The molecule has 0 aliphatic carbocycles. The summed E-state index contributed by atoms with van der Waals surface area (Å²) in [5.74, 6) is 1.19. The Hall–Kier alpha value is -2.41. The quantitative estimate of drug-likeness (QED) is 0.498. The zero-order valence-corrected chi connectivity index (χ0v) is 18.7. The third kappa shape index (κ3) is 5.09. The minimum Gasteiger partial charge on any atom is -0.489 e. The Morgan fingerprint density at radius 3 is 2.55 bits per heavy atom. The van der Waals surface area contributed by atoms with Crippen molar-refractivity contribution in [2.24, 2.45) is 0 Å². The van der Waals surface area contributed by atoms with Crippen LogP contribution in [0.3, 0.4) is 0 Å². The summed E-state index contributed by atoms with van der Waals surface area (Å²) in [6.07, 6.45) is 6.03. The summed E-state index contributed by atoms with van der Waals surface area (Å²) < 4.78 is 33.6. The maximum atomic E-state index is 14.3. The Balaban J connectivity index is 0.00000272. The molecule has 0 atom stereocenters. The lowest BCUT2D eigenvalue weighted by molar-refractivity contribution is -0.0950. The van der Waals surface area contributed by atoms with Gasteiger partial charge in [-0.15, -0.1) is 12.4 Å². The van der Waals surface area contributed by atoms with Gasteiger partial charge in [-0.25, -0.2) is 9.37 Å². The number of imidazole rings is 1. The molecule has 166 valence electrons. The zero-order chi connectivity index (χ0) is 21.0. The van der Waals surface area contributed by atoms with E-state index in [9.17, 15) is 4.39 Å². The van der Waals surface area contributed by atoms with E-state index in [1.54, 1.807) is 7.11 Å². The van der Waals surface area contributed by atoms with Crippen LogP contribution in [0.25, 0.3) is 5.69 Å². The van der Waals surface area contributed by atoms with Crippen molar-refractivity contribution in [3.05, 3.63) is 77.6 Å². The van der Waals surface area contributed by atoms with Crippen LogP contribution in [0.4, 0.5) is 4.39 Å². The van der Waals surface area contributed by atoms with Crippen LogP contribution in [0.15, 0.2) is 54.9 Å². The molecule has 4 rings (SSSR count). The van der Waals surface area contributed by atoms with Gasteiger partial charge in [0.05, 0.1) is 5.60 Å². The maximum absolute atomic E-state index is 14.3. The van der Waals surface area contributed by atoms with Crippen molar-refractivity contribution in [1.82, 2.24) is 9.55 Å². The van der Waals surface area contributed by atoms with Crippen molar-refractivity contribution in [2.75, 3.05) is 20.3 Å². The van der Waals surface area contributed by atoms with Gasteiger partial charge in [0.1, 0.15) is 24.0 Å². The summed E-state index contributed by atoms with van der Waals surface area (Å²) in [4.78, 5) is 4.36. The van der Waals surface area contributed by atoms with Crippen LogP contribution < -0.4 is 4.74 Å². The van der Waals surface area contributed by atoms with Gasteiger partial charge in [0.2, 0.25) is 0 Å². The molecule has 1 aliphatic rings. The van der Waals surface area contributed by atoms with E-state index in [0.29, 0.717) is 38.4 Å². The van der Waals surface area contributed by atoms with Crippen LogP contribution in [0, 0.1) is 5.82 Å². The second-order valence-corrected chi connectivity index (χ2v) is 7.51. The summed E-state index contributed by atoms with van der Waals surface area (Å²) in [5, 5.41) is 0. The monoisotopic (exact) mass is 446 g/mol. The summed E-state index contributed by atoms with van der Waals surface area (Å²) in [5.41, 5.74) is 2.34. The number of aromatic nitrogens is 2. The third-order valence-electron chi connectivity index (χ3n) is 5.74. The molecule has 2 heterocycles. The molecule has 1 fully saturated rings. The molecule has 3 aromatic rings. The van der Waals surface area contributed by atoms with Crippen molar-refractivity contribution in [1.29, 1.82) is 0 Å². The SMILES string of the molecule is CCc1nccn1-c1ccc(COc2cc(F)cc(C3(OC)CCOCC3)c2)cc1.Cl. The van der Waals surface area contributed by atoms with Crippen LogP contribution >= 0.6 is 12.4 Å². The van der Waals surface area contributed by atoms with E-state index in [1.807, 2.05) is 42.7 Å². The molecular weight excluding hydrogens is 419 g/mol. The van der Waals surface area contributed by atoms with E-state index in [4.69, 9.17) is 14.2 Å². The van der Waals surface area contributed by atoms with Gasteiger partial charge in [-0.1, -0.05) is 19.1 Å². The number of methoxy groups -OCH3 is 1. The molecule has 0 unspecified atom stereocenters. The average molecular weight is 447 g/mol. The smallest absolute Gasteiger partial charge is 0.127 e. The van der Waals surface area contributed by atoms with Crippen LogP contribution in [-0.2, 0) is 28.1 Å². The fraction of sp³-hybridized carbons (Fsp3) is 0.375. The molecule has 0 radical (unpaired) electrons. The number of halogens is 2. The number of aryl methyl sites for hydroxylation is 1. The minimum atomic E-state index is -0.526. The molecule has 5 nitrogen and oxygen atoms in total. The lowest BCUT2D eigenvalue weighted by Gasteiger charge is -2.36. The van der Waals surface area contributed by atoms with Crippen LogP contribution in [-0.4, -0.2) is 29.9 Å². The highest BCUT2D eigenvalue weighted by atomic mass is 35.5. The van der Waals surface area contributed by atoms with E-state index in [1.165, 1.54) is 12.1 Å². The summed E-state index contributed by atoms with van der Waals surface area (Å²) in [6.45, 7) is 3.65. The first-order valence-electron chi connectivity index (χ1n) is 10.3. The molecule has 1 aliphatic heterocycles. The first-order chi connectivity index (χ1) is 14.6. The predicted molar refractivity (Wildman–Crippen MR) is 120 cm³/mol. The average Bonchev–Trinajstić information content (AvgIpc) is 3.27. The number of rotatable bonds is 7. The van der Waals surface area contributed by atoms with Gasteiger partial charge in [-0.05, 0) is 35.4 Å². The topological polar surface area (TPSA) is 45.5 Å². The number of nitrogens with zero attached hydrogens (tertiary/aromatic N) is 2. The van der Waals surface area contributed by atoms with E-state index < -0.39 is 5.60 Å². The predicted octanol–water partition coefficient (Wildman–Crippen LogP) is 5.23. The van der Waals surface area contributed by atoms with Gasteiger partial charge in [0.25, 0.3) is 0 Å². The normalized spacial score (nSPS) is 15.3. The highest BCUT2D eigenvalue weighted by molar-refractivity contribution is 5.85. The maximum Gasteiger partial charge on any atom is 0.127 e. The van der Waals surface area contributed by atoms with E-state index in [0.717, 1.165) is 29.1 Å². The molecule has 0 amide bonds. The second kappa shape index (κ2) is 10.3. The van der Waals surface area contributed by atoms with Crippen molar-refractivity contribution in [3.8, 4) is 11.4 Å². The molecule has 1 saturated heterocycles. The fourth-order valence-electron chi connectivity index (χ4n) is 3.97. The lowest BCUT2D eigenvalue weighted by Crippen LogP contribution is -2.35. The number of ether oxygens (including phenoxy) is 3. The van der Waals surface area contributed by atoms with E-state index >= 15 is 0 Å². The zero-order valence-electron chi connectivity index (χ0n) is 17.8. The Bertz CT molecular complexity index is 985. The lowest BCUT2D eigenvalue weighted by atomic mass is 9.86. The van der Waals surface area contributed by atoms with Gasteiger partial charge in [0, 0.05) is 63.7 Å². The van der Waals surface area contributed by atoms with Crippen molar-refractivity contribution in [2.45, 2.75) is 38.4 Å². The highest BCUT2D eigenvalue weighted by Gasteiger charge is 2.35. The Labute approximate surface area is 188 Å². The first kappa shape index (κ1) is 23.3. The second-order valence-electron chi connectivity index (χ2n) is 7.51. The number of hydrogen-bond acceptors (Lipinski definition) is 4. The standard InChI is InChI=1S/C24H27FN2O3.ClH/c1-3-23-26-10-11-27(23)21-6-4-18(5-7-21)17-30-22-15-19(14-20(25)16-22)24(28-2)8-12-29-13-9-24;/h4-7,10-11,14-16H,3,8-9,12-13,17H2,1-2H3;1H. The van der Waals surface area contributed by atoms with E-state index in [-0.39, 0.29) is 18.2 Å². The van der Waals surface area contributed by atoms with Crippen LogP contribution in [0.2, 0.25) is 0 Å². The Kier molecular flexibility index (Phi) is 7.70. The molecule has 0 bridgehead atoms. The summed E-state index contributed by atoms with van der Waals surface area (Å²) in [7, 11) is 1.67. The molecule has 0 spiro atoms. The van der Waals surface area contributed by atoms with Gasteiger partial charge < -0.3 is 18.8 Å². The van der Waals surface area contributed by atoms with E-state index in [2.05, 4.69) is 16.5 Å². The molecule has 0 N–H and O–H groups in total. The number of hydrogen-bond donors (Lipinski definition) is 0. The fourth-order valence-corrected chi connectivity index (χ4v) is 3.97. The van der Waals surface area contributed by atoms with Crippen molar-refractivity contribution >= 4 is 12.4 Å². The largest absolute Gasteiger partial charge is 0.489 e. The van der Waals surface area contributed by atoms with Crippen molar-refractivity contribution in [3.63, 3.8) is 0 Å². The Morgan fingerprint density at radius 1 is 1.13 bits per heavy atom. The molecule has 1 aromatic heterocycles. The highest BCUT2D eigenvalue weighted by Crippen LogP contribution is 2.37. The summed E-state index contributed by atoms with van der Waals surface area (Å²) >= 11 is 0. The summed E-state index contributed by atoms with van der Waals surface area (Å²) in [6, 6.07) is 12.9. The number of benzene rings is 2. The molecule has 0 saturated carbocycles. The molecular formula is C24H28ClFN2O3. The van der Waals surface area contributed by atoms with Gasteiger partial charge >= 0.3 is 0 Å². The third-order valence-corrected chi connectivity index (χ3v) is 5.74. The molecule has 7 heteroatoms. The molecule has 2 aromatic carbocycles. The Morgan fingerprint density at radius 2 is 1.87 bits per heavy atom. The van der Waals surface area contributed by atoms with Gasteiger partial charge in [-0.2, -0.15) is 0 Å². The first-order valence-corrected chi connectivity index (χ1v) is 10.3. The van der Waals surface area contributed by atoms with Crippen molar-refractivity contribution < 1.29 is 18.6 Å². The van der Waals surface area contributed by atoms with Gasteiger partial charge in [-0.3, -0.25) is 0 Å². The minimum absolute atomic E-state index is 0. The molecule has 31 heavy (non-hydrogen) atoms. The van der Waals surface area contributed by atoms with Crippen LogP contribution in [0.5, 0.6) is 5.75 Å². The van der Waals surface area contributed by atoms with Gasteiger partial charge in [0.15, 0.2) is 0 Å².